The second-order valence-electron chi connectivity index (χ2n) is 5.14. The number of nitrogens with two attached hydrogens (primary N) is 1. The first-order valence-corrected chi connectivity index (χ1v) is 7.19. The SMILES string of the molecule is CCOCc1nc(N)cc(N(C)CCOCC2CC2)n1. The monoisotopic (exact) mass is 280 g/mol. The van der Waals surface area contributed by atoms with Gasteiger partial charge in [0.1, 0.15) is 18.2 Å². The average molecular weight is 280 g/mol. The van der Waals surface area contributed by atoms with Crippen molar-refractivity contribution < 1.29 is 9.47 Å². The van der Waals surface area contributed by atoms with Crippen LogP contribution in [0.5, 0.6) is 0 Å². The van der Waals surface area contributed by atoms with Gasteiger partial charge < -0.3 is 20.1 Å². The molecule has 0 unspecified atom stereocenters. The van der Waals surface area contributed by atoms with Gasteiger partial charge in [-0.3, -0.25) is 0 Å². The molecule has 0 amide bonds. The van der Waals surface area contributed by atoms with Crippen LogP contribution in [0.3, 0.4) is 0 Å². The first kappa shape index (κ1) is 15.0. The van der Waals surface area contributed by atoms with Gasteiger partial charge >= 0.3 is 0 Å². The third kappa shape index (κ3) is 4.94. The Morgan fingerprint density at radius 3 is 2.85 bits per heavy atom. The molecule has 0 bridgehead atoms. The highest BCUT2D eigenvalue weighted by molar-refractivity contribution is 5.46. The fourth-order valence-electron chi connectivity index (χ4n) is 1.81. The van der Waals surface area contributed by atoms with Crippen molar-refractivity contribution in [1.82, 2.24) is 9.97 Å². The van der Waals surface area contributed by atoms with Gasteiger partial charge in [-0.25, -0.2) is 9.97 Å². The van der Waals surface area contributed by atoms with Gasteiger partial charge in [0.25, 0.3) is 0 Å². The Bertz CT molecular complexity index is 424. The molecule has 0 spiro atoms. The van der Waals surface area contributed by atoms with Crippen LogP contribution < -0.4 is 10.6 Å². The van der Waals surface area contributed by atoms with Crippen LogP contribution in [0.4, 0.5) is 11.6 Å². The molecule has 1 aromatic rings. The molecule has 0 aliphatic heterocycles. The summed E-state index contributed by atoms with van der Waals surface area (Å²) in [5, 5.41) is 0. The van der Waals surface area contributed by atoms with Crippen molar-refractivity contribution in [2.75, 3.05) is 44.0 Å². The van der Waals surface area contributed by atoms with E-state index in [1.807, 2.05) is 18.9 Å². The smallest absolute Gasteiger partial charge is 0.158 e. The molecule has 112 valence electrons. The lowest BCUT2D eigenvalue weighted by molar-refractivity contribution is 0.128. The van der Waals surface area contributed by atoms with Gasteiger partial charge in [0.05, 0.1) is 6.61 Å². The lowest BCUT2D eigenvalue weighted by atomic mass is 10.4. The minimum absolute atomic E-state index is 0.389. The molecule has 1 fully saturated rings. The van der Waals surface area contributed by atoms with Gasteiger partial charge in [-0.15, -0.1) is 0 Å². The first-order valence-electron chi connectivity index (χ1n) is 7.19. The van der Waals surface area contributed by atoms with E-state index in [9.17, 15) is 0 Å². The molecule has 0 aromatic carbocycles. The molecule has 0 atom stereocenters. The molecule has 1 aliphatic carbocycles. The molecule has 20 heavy (non-hydrogen) atoms. The summed E-state index contributed by atoms with van der Waals surface area (Å²) in [6.07, 6.45) is 2.64. The van der Waals surface area contributed by atoms with Crippen molar-refractivity contribution in [3.63, 3.8) is 0 Å². The minimum atomic E-state index is 0.389. The van der Waals surface area contributed by atoms with Gasteiger partial charge in [-0.1, -0.05) is 0 Å². The molecule has 1 saturated carbocycles. The molecule has 1 heterocycles. The fraction of sp³-hybridized carbons (Fsp3) is 0.714. The van der Waals surface area contributed by atoms with E-state index in [4.69, 9.17) is 15.2 Å². The zero-order valence-corrected chi connectivity index (χ0v) is 12.3. The van der Waals surface area contributed by atoms with Crippen molar-refractivity contribution in [2.24, 2.45) is 5.92 Å². The van der Waals surface area contributed by atoms with Crippen molar-refractivity contribution in [3.8, 4) is 0 Å². The normalized spacial score (nSPS) is 14.5. The largest absolute Gasteiger partial charge is 0.384 e. The molecule has 6 nitrogen and oxygen atoms in total. The van der Waals surface area contributed by atoms with Crippen molar-refractivity contribution in [1.29, 1.82) is 0 Å². The van der Waals surface area contributed by atoms with Crippen LogP contribution in [0.25, 0.3) is 0 Å². The molecular weight excluding hydrogens is 256 g/mol. The molecule has 2 N–H and O–H groups in total. The molecular formula is C14H24N4O2. The predicted molar refractivity (Wildman–Crippen MR) is 78.6 cm³/mol. The Morgan fingerprint density at radius 1 is 1.35 bits per heavy atom. The quantitative estimate of drug-likeness (QED) is 0.690. The van der Waals surface area contributed by atoms with Gasteiger partial charge in [-0.05, 0) is 25.7 Å². The Morgan fingerprint density at radius 2 is 2.15 bits per heavy atom. The first-order chi connectivity index (χ1) is 9.69. The number of rotatable bonds is 9. The predicted octanol–water partition coefficient (Wildman–Crippen LogP) is 1.46. The Balaban J connectivity index is 1.83. The standard InChI is InChI=1S/C14H24N4O2/c1-3-19-10-13-16-12(15)8-14(17-13)18(2)6-7-20-9-11-4-5-11/h8,11H,3-7,9-10H2,1-2H3,(H2,15,16,17). The van der Waals surface area contributed by atoms with E-state index < -0.39 is 0 Å². The molecule has 6 heteroatoms. The van der Waals surface area contributed by atoms with E-state index >= 15 is 0 Å². The average Bonchev–Trinajstić information content (AvgIpc) is 3.24. The summed E-state index contributed by atoms with van der Waals surface area (Å²) in [7, 11) is 1.98. The van der Waals surface area contributed by atoms with Crippen LogP contribution in [0.1, 0.15) is 25.6 Å². The number of hydrogen-bond donors (Lipinski definition) is 1. The molecule has 0 radical (unpaired) electrons. The topological polar surface area (TPSA) is 73.5 Å². The fourth-order valence-corrected chi connectivity index (χ4v) is 1.81. The number of aromatic nitrogens is 2. The number of hydrogen-bond acceptors (Lipinski definition) is 6. The third-order valence-corrected chi connectivity index (χ3v) is 3.23. The third-order valence-electron chi connectivity index (χ3n) is 3.23. The van der Waals surface area contributed by atoms with Crippen LogP contribution in [-0.4, -0.2) is 43.4 Å². The minimum Gasteiger partial charge on any atom is -0.384 e. The van der Waals surface area contributed by atoms with Crippen LogP contribution in [0.2, 0.25) is 0 Å². The summed E-state index contributed by atoms with van der Waals surface area (Å²) in [6.45, 7) is 5.35. The van der Waals surface area contributed by atoms with E-state index in [0.29, 0.717) is 31.5 Å². The van der Waals surface area contributed by atoms with E-state index in [1.165, 1.54) is 12.8 Å². The summed E-state index contributed by atoms with van der Waals surface area (Å²) in [5.41, 5.74) is 5.81. The summed E-state index contributed by atoms with van der Waals surface area (Å²) in [6, 6.07) is 1.77. The van der Waals surface area contributed by atoms with Gasteiger partial charge in [0.15, 0.2) is 5.82 Å². The number of likely N-dealkylation sites (N-methyl/N-ethyl adjacent to an activating group) is 1. The molecule has 2 rings (SSSR count). The number of ether oxygens (including phenoxy) is 2. The lowest BCUT2D eigenvalue weighted by Gasteiger charge is -2.19. The van der Waals surface area contributed by atoms with Gasteiger partial charge in [-0.2, -0.15) is 0 Å². The zero-order chi connectivity index (χ0) is 14.4. The van der Waals surface area contributed by atoms with Crippen LogP contribution >= 0.6 is 0 Å². The zero-order valence-electron chi connectivity index (χ0n) is 12.3. The highest BCUT2D eigenvalue weighted by Crippen LogP contribution is 2.28. The highest BCUT2D eigenvalue weighted by Gasteiger charge is 2.21. The molecule has 1 aliphatic rings. The Kier molecular flexibility index (Phi) is 5.55. The summed E-state index contributed by atoms with van der Waals surface area (Å²) < 4.78 is 11.0. The van der Waals surface area contributed by atoms with Crippen LogP contribution in [0, 0.1) is 5.92 Å². The van der Waals surface area contributed by atoms with E-state index in [0.717, 1.165) is 24.9 Å². The molecule has 0 saturated heterocycles. The van der Waals surface area contributed by atoms with E-state index in [2.05, 4.69) is 9.97 Å². The summed E-state index contributed by atoms with van der Waals surface area (Å²) >= 11 is 0. The summed E-state index contributed by atoms with van der Waals surface area (Å²) in [4.78, 5) is 10.6. The van der Waals surface area contributed by atoms with E-state index in [1.54, 1.807) is 6.07 Å². The van der Waals surface area contributed by atoms with Gasteiger partial charge in [0.2, 0.25) is 0 Å². The van der Waals surface area contributed by atoms with Crippen molar-refractivity contribution in [3.05, 3.63) is 11.9 Å². The second kappa shape index (κ2) is 7.40. The highest BCUT2D eigenvalue weighted by atomic mass is 16.5. The maximum atomic E-state index is 5.81. The second-order valence-corrected chi connectivity index (χ2v) is 5.14. The van der Waals surface area contributed by atoms with E-state index in [-0.39, 0.29) is 0 Å². The number of anilines is 2. The summed E-state index contributed by atoms with van der Waals surface area (Å²) in [5.74, 6) is 2.69. The molecule has 1 aromatic heterocycles. The number of nitrogen functional groups attached to an aromatic ring is 1. The maximum Gasteiger partial charge on any atom is 0.158 e. The number of nitrogens with zero attached hydrogens (tertiary/aromatic N) is 3. The van der Waals surface area contributed by atoms with Crippen LogP contribution in [-0.2, 0) is 16.1 Å². The van der Waals surface area contributed by atoms with Crippen LogP contribution in [0.15, 0.2) is 6.07 Å². The van der Waals surface area contributed by atoms with Crippen molar-refractivity contribution in [2.45, 2.75) is 26.4 Å². The maximum absolute atomic E-state index is 5.81. The van der Waals surface area contributed by atoms with Gasteiger partial charge in [0, 0.05) is 32.9 Å². The Labute approximate surface area is 120 Å². The Hall–Kier alpha value is -1.40. The lowest BCUT2D eigenvalue weighted by Crippen LogP contribution is -2.24. The van der Waals surface area contributed by atoms with Crippen molar-refractivity contribution >= 4 is 11.6 Å².